The second-order valence-corrected chi connectivity index (χ2v) is 11.5. The van der Waals surface area contributed by atoms with Gasteiger partial charge in [0.05, 0.1) is 41.2 Å². The van der Waals surface area contributed by atoms with Crippen LogP contribution in [0.4, 0.5) is 27.3 Å². The van der Waals surface area contributed by atoms with Gasteiger partial charge in [0.1, 0.15) is 23.6 Å². The molecule has 45 heavy (non-hydrogen) atoms. The molecule has 1 fully saturated rings. The molecular weight excluding hydrogens is 622 g/mol. The Balaban J connectivity index is 1.40. The van der Waals surface area contributed by atoms with Gasteiger partial charge >= 0.3 is 0 Å². The lowest BCUT2D eigenvalue weighted by atomic mass is 10.0. The molecule has 234 valence electrons. The SMILES string of the molecule is COc1cc(OC)c(Cl)c(-c2cc3cnc(Nc4ccc(N5CCN(C)CC5)cc4NC(=O)C(C)F)cc3n3ncnc23)c1Cl. The maximum absolute atomic E-state index is 13.9. The van der Waals surface area contributed by atoms with E-state index in [1.165, 1.54) is 27.5 Å². The number of aromatic nitrogens is 4. The number of methoxy groups -OCH3 is 2. The Kier molecular flexibility index (Phi) is 8.54. The van der Waals surface area contributed by atoms with Crippen molar-refractivity contribution in [1.29, 1.82) is 0 Å². The highest BCUT2D eigenvalue weighted by Crippen LogP contribution is 2.47. The summed E-state index contributed by atoms with van der Waals surface area (Å²) in [4.78, 5) is 26.0. The Labute approximate surface area is 268 Å². The number of ether oxygens (including phenoxy) is 2. The van der Waals surface area contributed by atoms with Gasteiger partial charge in [0.25, 0.3) is 5.91 Å². The van der Waals surface area contributed by atoms with Crippen molar-refractivity contribution >= 4 is 68.5 Å². The molecule has 11 nitrogen and oxygen atoms in total. The number of halogens is 3. The average Bonchev–Trinajstić information content (AvgIpc) is 3.53. The van der Waals surface area contributed by atoms with Gasteiger partial charge in [0, 0.05) is 66.7 Å². The van der Waals surface area contributed by atoms with Crippen molar-refractivity contribution in [3.8, 4) is 22.6 Å². The van der Waals surface area contributed by atoms with Crippen LogP contribution in [0, 0.1) is 0 Å². The number of hydrogen-bond donors (Lipinski definition) is 2. The molecular formula is C31H31Cl2FN8O3. The lowest BCUT2D eigenvalue weighted by molar-refractivity contribution is -0.120. The highest BCUT2D eigenvalue weighted by atomic mass is 35.5. The topological polar surface area (TPSA) is 109 Å². The van der Waals surface area contributed by atoms with Crippen LogP contribution >= 0.6 is 23.2 Å². The number of benzene rings is 2. The van der Waals surface area contributed by atoms with E-state index in [0.717, 1.165) is 37.3 Å². The van der Waals surface area contributed by atoms with E-state index in [0.29, 0.717) is 61.0 Å². The number of fused-ring (bicyclic) bond motifs is 3. The largest absolute Gasteiger partial charge is 0.495 e. The normalized spacial score (nSPS) is 14.5. The van der Waals surface area contributed by atoms with E-state index >= 15 is 0 Å². The summed E-state index contributed by atoms with van der Waals surface area (Å²) in [5, 5.41) is 11.8. The average molecular weight is 654 g/mol. The van der Waals surface area contributed by atoms with Gasteiger partial charge in [0.2, 0.25) is 0 Å². The number of likely N-dealkylation sites (N-methyl/N-ethyl adjacent to an activating group) is 1. The minimum Gasteiger partial charge on any atom is -0.495 e. The predicted molar refractivity (Wildman–Crippen MR) is 175 cm³/mol. The number of pyridine rings is 2. The van der Waals surface area contributed by atoms with Crippen LogP contribution in [0.3, 0.4) is 0 Å². The van der Waals surface area contributed by atoms with Crippen molar-refractivity contribution in [2.75, 3.05) is 63.0 Å². The molecule has 0 bridgehead atoms. The second kappa shape index (κ2) is 12.5. The predicted octanol–water partition coefficient (Wildman–Crippen LogP) is 6.06. The van der Waals surface area contributed by atoms with E-state index in [9.17, 15) is 9.18 Å². The molecule has 1 amide bonds. The molecule has 3 aromatic heterocycles. The lowest BCUT2D eigenvalue weighted by Gasteiger charge is -2.34. The number of alkyl halides is 1. The van der Waals surface area contributed by atoms with E-state index in [-0.39, 0.29) is 0 Å². The third-order valence-electron chi connectivity index (χ3n) is 7.83. The molecule has 1 atom stereocenters. The van der Waals surface area contributed by atoms with Crippen LogP contribution in [0.1, 0.15) is 6.92 Å². The number of anilines is 4. The molecule has 6 rings (SSSR count). The van der Waals surface area contributed by atoms with Crippen molar-refractivity contribution in [3.63, 3.8) is 0 Å². The van der Waals surface area contributed by atoms with Crippen molar-refractivity contribution in [3.05, 3.63) is 59.0 Å². The highest BCUT2D eigenvalue weighted by molar-refractivity contribution is 6.41. The van der Waals surface area contributed by atoms with Crippen LogP contribution in [-0.2, 0) is 4.79 Å². The molecule has 0 aliphatic carbocycles. The fourth-order valence-electron chi connectivity index (χ4n) is 5.32. The summed E-state index contributed by atoms with van der Waals surface area (Å²) in [6.07, 6.45) is 1.45. The van der Waals surface area contributed by atoms with Gasteiger partial charge in [-0.2, -0.15) is 5.10 Å². The van der Waals surface area contributed by atoms with Gasteiger partial charge < -0.3 is 29.9 Å². The van der Waals surface area contributed by atoms with Gasteiger partial charge in [-0.15, -0.1) is 0 Å². The number of nitrogens with zero attached hydrogens (tertiary/aromatic N) is 6. The summed E-state index contributed by atoms with van der Waals surface area (Å²) in [7, 11) is 5.11. The van der Waals surface area contributed by atoms with Crippen LogP contribution in [0.2, 0.25) is 10.0 Å². The molecule has 1 aliphatic heterocycles. The first-order valence-electron chi connectivity index (χ1n) is 14.2. The minimum atomic E-state index is -1.68. The Morgan fingerprint density at radius 2 is 1.69 bits per heavy atom. The van der Waals surface area contributed by atoms with E-state index in [1.807, 2.05) is 30.3 Å². The summed E-state index contributed by atoms with van der Waals surface area (Å²) in [6, 6.07) is 11.0. The quantitative estimate of drug-likeness (QED) is 0.207. The van der Waals surface area contributed by atoms with Gasteiger partial charge in [-0.25, -0.2) is 18.9 Å². The van der Waals surface area contributed by atoms with Crippen molar-refractivity contribution in [2.45, 2.75) is 13.1 Å². The second-order valence-electron chi connectivity index (χ2n) is 10.7. The van der Waals surface area contributed by atoms with Crippen molar-refractivity contribution < 1.29 is 18.7 Å². The fourth-order valence-corrected chi connectivity index (χ4v) is 6.03. The number of rotatable bonds is 8. The number of piperazine rings is 1. The standard InChI is InChI=1S/C31H31Cl2FN8O3/c1-17(34)31(43)39-22-12-19(41-9-7-40(2)8-10-41)5-6-21(22)38-26-13-23-18(15-35-26)11-20(30-36-16-37-42(23)30)27-28(32)24(44-3)14-25(45-4)29(27)33/h5-6,11-17H,7-10H2,1-4H3,(H,35,38)(H,39,43). The van der Waals surface area contributed by atoms with E-state index in [1.54, 1.807) is 16.8 Å². The van der Waals surface area contributed by atoms with Gasteiger partial charge in [0.15, 0.2) is 11.8 Å². The Hall–Kier alpha value is -4.39. The summed E-state index contributed by atoms with van der Waals surface area (Å²) >= 11 is 13.5. The van der Waals surface area contributed by atoms with E-state index in [2.05, 4.69) is 42.5 Å². The maximum atomic E-state index is 13.9. The monoisotopic (exact) mass is 652 g/mol. The molecule has 1 saturated heterocycles. The minimum absolute atomic E-state index is 0.302. The number of carbonyl (C=O) groups excluding carboxylic acids is 1. The van der Waals surface area contributed by atoms with Crippen LogP contribution in [0.15, 0.2) is 48.9 Å². The molecule has 2 N–H and O–H groups in total. The maximum Gasteiger partial charge on any atom is 0.258 e. The van der Waals surface area contributed by atoms with Gasteiger partial charge in [-0.05, 0) is 38.2 Å². The molecule has 4 heterocycles. The smallest absolute Gasteiger partial charge is 0.258 e. The van der Waals surface area contributed by atoms with Crippen LogP contribution in [0.25, 0.3) is 27.7 Å². The molecule has 1 aliphatic rings. The van der Waals surface area contributed by atoms with Crippen LogP contribution in [0.5, 0.6) is 11.5 Å². The number of carbonyl (C=O) groups is 1. The number of hydrogen-bond acceptors (Lipinski definition) is 9. The van der Waals surface area contributed by atoms with Crippen LogP contribution < -0.4 is 25.0 Å². The van der Waals surface area contributed by atoms with E-state index in [4.69, 9.17) is 32.7 Å². The zero-order valence-corrected chi connectivity index (χ0v) is 26.6. The fraction of sp³-hybridized carbons (Fsp3) is 0.290. The molecule has 14 heteroatoms. The molecule has 5 aromatic rings. The van der Waals surface area contributed by atoms with Crippen molar-refractivity contribution in [1.82, 2.24) is 24.5 Å². The number of nitrogens with one attached hydrogen (secondary N) is 2. The summed E-state index contributed by atoms with van der Waals surface area (Å²) in [5.74, 6) is 0.532. The molecule has 2 aromatic carbocycles. The summed E-state index contributed by atoms with van der Waals surface area (Å²) in [6.45, 7) is 4.74. The third kappa shape index (κ3) is 5.88. The van der Waals surface area contributed by atoms with Crippen LogP contribution in [-0.4, -0.2) is 84.0 Å². The third-order valence-corrected chi connectivity index (χ3v) is 8.58. The van der Waals surface area contributed by atoms with E-state index < -0.39 is 12.1 Å². The van der Waals surface area contributed by atoms with Crippen molar-refractivity contribution in [2.24, 2.45) is 0 Å². The highest BCUT2D eigenvalue weighted by Gasteiger charge is 2.23. The first-order valence-corrected chi connectivity index (χ1v) is 15.0. The number of amides is 1. The first kappa shape index (κ1) is 30.6. The lowest BCUT2D eigenvalue weighted by Crippen LogP contribution is -2.44. The zero-order valence-electron chi connectivity index (χ0n) is 25.1. The zero-order chi connectivity index (χ0) is 31.8. The molecule has 0 saturated carbocycles. The van der Waals surface area contributed by atoms with Gasteiger partial charge in [-0.3, -0.25) is 4.79 Å². The Morgan fingerprint density at radius 3 is 2.36 bits per heavy atom. The molecule has 1 unspecified atom stereocenters. The Morgan fingerprint density at radius 1 is 0.978 bits per heavy atom. The van der Waals surface area contributed by atoms with Gasteiger partial charge in [-0.1, -0.05) is 23.2 Å². The first-order chi connectivity index (χ1) is 21.7. The summed E-state index contributed by atoms with van der Waals surface area (Å²) < 4.78 is 26.5. The Bertz CT molecular complexity index is 1880. The molecule has 0 spiro atoms. The molecule has 0 radical (unpaired) electrons. The summed E-state index contributed by atoms with van der Waals surface area (Å²) in [5.41, 5.74) is 4.23.